The van der Waals surface area contributed by atoms with Crippen molar-refractivity contribution in [2.75, 3.05) is 6.54 Å². The fourth-order valence-corrected chi connectivity index (χ4v) is 3.43. The second-order valence-corrected chi connectivity index (χ2v) is 6.28. The summed E-state index contributed by atoms with van der Waals surface area (Å²) in [6.07, 6.45) is 3.76. The van der Waals surface area contributed by atoms with Crippen LogP contribution in [0.25, 0.3) is 10.8 Å². The van der Waals surface area contributed by atoms with Crippen LogP contribution in [0.2, 0.25) is 0 Å². The van der Waals surface area contributed by atoms with Crippen molar-refractivity contribution in [3.8, 4) is 10.8 Å². The Bertz CT molecular complexity index is 951. The van der Waals surface area contributed by atoms with Crippen LogP contribution in [0.3, 0.4) is 0 Å². The molecule has 0 fully saturated rings. The number of carboxylic acid groups (broad SMARTS) is 1. The average Bonchev–Trinajstić information content (AvgIpc) is 3.28. The van der Waals surface area contributed by atoms with Gasteiger partial charge in [0, 0.05) is 42.0 Å². The van der Waals surface area contributed by atoms with Gasteiger partial charge in [0.25, 0.3) is 5.91 Å². The van der Waals surface area contributed by atoms with E-state index < -0.39 is 5.97 Å². The van der Waals surface area contributed by atoms with Gasteiger partial charge < -0.3 is 10.0 Å². The van der Waals surface area contributed by atoms with Gasteiger partial charge in [-0.3, -0.25) is 9.89 Å². The van der Waals surface area contributed by atoms with Crippen molar-refractivity contribution in [3.05, 3.63) is 46.5 Å². The average molecular weight is 356 g/mol. The normalized spacial score (nSPS) is 13.5. The SMILES string of the molecule is O=C(O)c1n[nH]c2c1CN(C(=O)c1csc(-c3ncccn3)n1)CC2. The van der Waals surface area contributed by atoms with Crippen LogP contribution in [0.4, 0.5) is 0 Å². The number of thiazole rings is 1. The Labute approximate surface area is 145 Å². The Morgan fingerprint density at radius 1 is 1.28 bits per heavy atom. The topological polar surface area (TPSA) is 125 Å². The van der Waals surface area contributed by atoms with Crippen LogP contribution in [0.1, 0.15) is 32.2 Å². The van der Waals surface area contributed by atoms with Crippen molar-refractivity contribution >= 4 is 23.2 Å². The Kier molecular flexibility index (Phi) is 3.73. The molecule has 1 amide bonds. The number of amides is 1. The molecule has 2 N–H and O–H groups in total. The van der Waals surface area contributed by atoms with Gasteiger partial charge in [0.05, 0.1) is 6.54 Å². The number of nitrogens with one attached hydrogen (secondary N) is 1. The third-order valence-electron chi connectivity index (χ3n) is 3.90. The molecule has 0 spiro atoms. The fourth-order valence-electron chi connectivity index (χ4n) is 2.69. The molecule has 0 saturated carbocycles. The van der Waals surface area contributed by atoms with E-state index in [2.05, 4.69) is 25.1 Å². The number of rotatable bonds is 3. The molecule has 1 aliphatic heterocycles. The number of carboxylic acids is 1. The van der Waals surface area contributed by atoms with Crippen LogP contribution in [0.15, 0.2) is 23.8 Å². The Balaban J connectivity index is 1.57. The molecular formula is C15H12N6O3S. The highest BCUT2D eigenvalue weighted by Gasteiger charge is 2.29. The highest BCUT2D eigenvalue weighted by atomic mass is 32.1. The van der Waals surface area contributed by atoms with E-state index in [9.17, 15) is 14.7 Å². The summed E-state index contributed by atoms with van der Waals surface area (Å²) < 4.78 is 0. The van der Waals surface area contributed by atoms with Gasteiger partial charge in [0.15, 0.2) is 16.5 Å². The minimum absolute atomic E-state index is 0.0378. The van der Waals surface area contributed by atoms with E-state index in [4.69, 9.17) is 0 Å². The number of hydrogen-bond acceptors (Lipinski definition) is 7. The van der Waals surface area contributed by atoms with Crippen LogP contribution in [-0.4, -0.2) is 53.6 Å². The second-order valence-electron chi connectivity index (χ2n) is 5.42. The number of fused-ring (bicyclic) bond motifs is 1. The van der Waals surface area contributed by atoms with Gasteiger partial charge in [-0.25, -0.2) is 19.7 Å². The summed E-state index contributed by atoms with van der Waals surface area (Å²) in [4.78, 5) is 38.1. The van der Waals surface area contributed by atoms with Gasteiger partial charge in [-0.15, -0.1) is 11.3 Å². The van der Waals surface area contributed by atoms with Gasteiger partial charge in [-0.1, -0.05) is 0 Å². The number of nitrogens with zero attached hydrogens (tertiary/aromatic N) is 5. The molecule has 3 aromatic rings. The first-order valence-electron chi connectivity index (χ1n) is 7.45. The van der Waals surface area contributed by atoms with Gasteiger partial charge in [-0.2, -0.15) is 5.10 Å². The molecular weight excluding hydrogens is 344 g/mol. The van der Waals surface area contributed by atoms with Crippen molar-refractivity contribution in [1.82, 2.24) is 30.0 Å². The summed E-state index contributed by atoms with van der Waals surface area (Å²) >= 11 is 1.29. The van der Waals surface area contributed by atoms with Crippen LogP contribution in [0, 0.1) is 0 Å². The Morgan fingerprint density at radius 3 is 2.84 bits per heavy atom. The van der Waals surface area contributed by atoms with Crippen molar-refractivity contribution in [1.29, 1.82) is 0 Å². The van der Waals surface area contributed by atoms with Crippen LogP contribution in [0.5, 0.6) is 0 Å². The molecule has 0 aromatic carbocycles. The summed E-state index contributed by atoms with van der Waals surface area (Å²) in [6, 6.07) is 1.71. The van der Waals surface area contributed by atoms with Crippen molar-refractivity contribution < 1.29 is 14.7 Å². The maximum atomic E-state index is 12.7. The first-order chi connectivity index (χ1) is 12.1. The number of aromatic amines is 1. The molecule has 0 saturated heterocycles. The summed E-state index contributed by atoms with van der Waals surface area (Å²) in [6.45, 7) is 0.669. The summed E-state index contributed by atoms with van der Waals surface area (Å²) in [7, 11) is 0. The van der Waals surface area contributed by atoms with Gasteiger partial charge >= 0.3 is 5.97 Å². The highest BCUT2D eigenvalue weighted by Crippen LogP contribution is 2.24. The number of H-pyrrole nitrogens is 1. The lowest BCUT2D eigenvalue weighted by Gasteiger charge is -2.26. The molecule has 1 aliphatic rings. The maximum absolute atomic E-state index is 12.7. The molecule has 4 rings (SSSR count). The molecule has 0 aliphatic carbocycles. The molecule has 9 nitrogen and oxygen atoms in total. The van der Waals surface area contributed by atoms with Crippen molar-refractivity contribution in [2.45, 2.75) is 13.0 Å². The molecule has 126 valence electrons. The highest BCUT2D eigenvalue weighted by molar-refractivity contribution is 7.13. The van der Waals surface area contributed by atoms with E-state index in [-0.39, 0.29) is 18.1 Å². The van der Waals surface area contributed by atoms with Crippen molar-refractivity contribution in [2.24, 2.45) is 0 Å². The third kappa shape index (κ3) is 2.76. The van der Waals surface area contributed by atoms with Gasteiger partial charge in [-0.05, 0) is 6.07 Å². The van der Waals surface area contributed by atoms with E-state index >= 15 is 0 Å². The zero-order chi connectivity index (χ0) is 17.4. The molecule has 25 heavy (non-hydrogen) atoms. The lowest BCUT2D eigenvalue weighted by Crippen LogP contribution is -2.36. The maximum Gasteiger partial charge on any atom is 0.356 e. The number of aromatic nitrogens is 5. The van der Waals surface area contributed by atoms with E-state index in [1.165, 1.54) is 11.3 Å². The minimum Gasteiger partial charge on any atom is -0.476 e. The summed E-state index contributed by atoms with van der Waals surface area (Å²) in [5, 5.41) is 18.0. The standard InChI is InChI=1S/C15H12N6O3S/c22-14(10-7-25-13(18-10)12-16-3-1-4-17-12)21-5-2-9-8(6-21)11(15(23)24)20-19-9/h1,3-4,7H,2,5-6H2,(H,19,20)(H,23,24). The predicted molar refractivity (Wildman–Crippen MR) is 87.1 cm³/mol. The lowest BCUT2D eigenvalue weighted by molar-refractivity contribution is 0.0673. The first kappa shape index (κ1) is 15.4. The van der Waals surface area contributed by atoms with E-state index in [0.717, 1.165) is 5.69 Å². The number of carbonyl (C=O) groups excluding carboxylic acids is 1. The lowest BCUT2D eigenvalue weighted by atomic mass is 10.1. The van der Waals surface area contributed by atoms with Gasteiger partial charge in [0.1, 0.15) is 5.69 Å². The van der Waals surface area contributed by atoms with Gasteiger partial charge in [0.2, 0.25) is 0 Å². The minimum atomic E-state index is -1.11. The third-order valence-corrected chi connectivity index (χ3v) is 4.74. The zero-order valence-corrected chi connectivity index (χ0v) is 13.7. The second kappa shape index (κ2) is 6.06. The quantitative estimate of drug-likeness (QED) is 0.723. The zero-order valence-electron chi connectivity index (χ0n) is 12.8. The summed E-state index contributed by atoms with van der Waals surface area (Å²) in [5.74, 6) is -0.888. The smallest absolute Gasteiger partial charge is 0.356 e. The molecule has 0 radical (unpaired) electrons. The summed E-state index contributed by atoms with van der Waals surface area (Å²) in [5.41, 5.74) is 1.58. The van der Waals surface area contributed by atoms with E-state index in [0.29, 0.717) is 35.1 Å². The largest absolute Gasteiger partial charge is 0.476 e. The molecule has 0 bridgehead atoms. The predicted octanol–water partition coefficient (Wildman–Crippen LogP) is 1.22. The van der Waals surface area contributed by atoms with Crippen LogP contribution < -0.4 is 0 Å². The molecule has 3 aromatic heterocycles. The molecule has 0 atom stereocenters. The molecule has 4 heterocycles. The van der Waals surface area contributed by atoms with Crippen LogP contribution in [-0.2, 0) is 13.0 Å². The van der Waals surface area contributed by atoms with Crippen molar-refractivity contribution in [3.63, 3.8) is 0 Å². The first-order valence-corrected chi connectivity index (χ1v) is 8.33. The monoisotopic (exact) mass is 356 g/mol. The fraction of sp³-hybridized carbons (Fsp3) is 0.200. The van der Waals surface area contributed by atoms with E-state index in [1.807, 2.05) is 0 Å². The Hall–Kier alpha value is -3.14. The number of hydrogen-bond donors (Lipinski definition) is 2. The van der Waals surface area contributed by atoms with Crippen LogP contribution >= 0.6 is 11.3 Å². The Morgan fingerprint density at radius 2 is 2.08 bits per heavy atom. The number of carbonyl (C=O) groups is 2. The molecule has 10 heteroatoms. The van der Waals surface area contributed by atoms with E-state index in [1.54, 1.807) is 28.7 Å². The number of aromatic carboxylic acids is 1. The molecule has 0 unspecified atom stereocenters.